The molecular formula is C12H11NO4. The smallest absolute Gasteiger partial charge is 0.372 e. The van der Waals surface area contributed by atoms with Crippen LogP contribution in [-0.4, -0.2) is 22.6 Å². The molecule has 0 aliphatic heterocycles. The van der Waals surface area contributed by atoms with Gasteiger partial charge in [-0.05, 0) is 18.2 Å². The summed E-state index contributed by atoms with van der Waals surface area (Å²) in [6.45, 7) is 0. The van der Waals surface area contributed by atoms with Gasteiger partial charge < -0.3 is 10.8 Å². The molecule has 0 radical (unpaired) electrons. The van der Waals surface area contributed by atoms with Gasteiger partial charge in [-0.15, -0.1) is 0 Å². The molecule has 0 aromatic heterocycles. The van der Waals surface area contributed by atoms with Crippen molar-refractivity contribution in [1.29, 1.82) is 0 Å². The van der Waals surface area contributed by atoms with Crippen molar-refractivity contribution in [2.75, 3.05) is 5.73 Å². The summed E-state index contributed by atoms with van der Waals surface area (Å²) in [5.74, 6) is -2.84. The standard InChI is InChI=1S/C12H11NO4/c13-9-5-2-1-4-8(9)10(14)6-3-7-11(15)12(16)17/h1-6H,7,13H2,(H,16,17). The van der Waals surface area contributed by atoms with E-state index in [1.165, 1.54) is 6.08 Å². The third-order valence-electron chi connectivity index (χ3n) is 2.04. The zero-order chi connectivity index (χ0) is 12.8. The lowest BCUT2D eigenvalue weighted by atomic mass is 10.1. The number of aliphatic carboxylic acids is 1. The Morgan fingerprint density at radius 3 is 2.47 bits per heavy atom. The van der Waals surface area contributed by atoms with Crippen LogP contribution in [0.1, 0.15) is 16.8 Å². The molecule has 0 saturated carbocycles. The Kier molecular flexibility index (Phi) is 4.16. The second-order valence-electron chi connectivity index (χ2n) is 3.29. The third-order valence-corrected chi connectivity index (χ3v) is 2.04. The van der Waals surface area contributed by atoms with Crippen molar-refractivity contribution in [3.63, 3.8) is 0 Å². The van der Waals surface area contributed by atoms with Crippen molar-refractivity contribution >= 4 is 23.2 Å². The minimum absolute atomic E-state index is 0.312. The first kappa shape index (κ1) is 12.6. The summed E-state index contributed by atoms with van der Waals surface area (Å²) in [7, 11) is 0. The molecule has 5 nitrogen and oxygen atoms in total. The lowest BCUT2D eigenvalue weighted by Gasteiger charge is -1.99. The van der Waals surface area contributed by atoms with E-state index in [0.717, 1.165) is 6.08 Å². The summed E-state index contributed by atoms with van der Waals surface area (Å²) >= 11 is 0. The average molecular weight is 233 g/mol. The van der Waals surface area contributed by atoms with Gasteiger partial charge in [-0.1, -0.05) is 18.2 Å². The number of nitrogen functional groups attached to an aromatic ring is 1. The largest absolute Gasteiger partial charge is 0.475 e. The summed E-state index contributed by atoms with van der Waals surface area (Å²) in [6.07, 6.45) is 2.05. The molecule has 0 spiro atoms. The van der Waals surface area contributed by atoms with Crippen LogP contribution >= 0.6 is 0 Å². The third kappa shape index (κ3) is 3.57. The van der Waals surface area contributed by atoms with Crippen molar-refractivity contribution in [2.24, 2.45) is 0 Å². The number of anilines is 1. The van der Waals surface area contributed by atoms with E-state index in [9.17, 15) is 14.4 Å². The van der Waals surface area contributed by atoms with Crippen LogP contribution in [0.3, 0.4) is 0 Å². The van der Waals surface area contributed by atoms with Crippen LogP contribution in [0.4, 0.5) is 5.69 Å². The first-order chi connectivity index (χ1) is 8.02. The summed E-state index contributed by atoms with van der Waals surface area (Å²) in [4.78, 5) is 32.5. The van der Waals surface area contributed by atoms with Gasteiger partial charge in [-0.2, -0.15) is 0 Å². The second-order valence-corrected chi connectivity index (χ2v) is 3.29. The fourth-order valence-corrected chi connectivity index (χ4v) is 1.17. The van der Waals surface area contributed by atoms with Crippen LogP contribution in [0.15, 0.2) is 36.4 Å². The van der Waals surface area contributed by atoms with Gasteiger partial charge in [0.25, 0.3) is 0 Å². The Labute approximate surface area is 97.6 Å². The molecule has 0 aliphatic carbocycles. The van der Waals surface area contributed by atoms with E-state index in [2.05, 4.69) is 0 Å². The number of Topliss-reactive ketones (excluding diaryl/α,β-unsaturated/α-hetero) is 1. The number of carboxylic acids is 1. The van der Waals surface area contributed by atoms with Gasteiger partial charge in [-0.25, -0.2) is 4.79 Å². The Balaban J connectivity index is 2.68. The van der Waals surface area contributed by atoms with Gasteiger partial charge in [0.15, 0.2) is 5.78 Å². The Morgan fingerprint density at radius 2 is 1.88 bits per heavy atom. The molecule has 0 heterocycles. The predicted octanol–water partition coefficient (Wildman–Crippen LogP) is 1.05. The van der Waals surface area contributed by atoms with Gasteiger partial charge in [-0.3, -0.25) is 9.59 Å². The van der Waals surface area contributed by atoms with Crippen LogP contribution in [0.25, 0.3) is 0 Å². The van der Waals surface area contributed by atoms with Crippen LogP contribution in [-0.2, 0) is 9.59 Å². The predicted molar refractivity (Wildman–Crippen MR) is 61.6 cm³/mol. The van der Waals surface area contributed by atoms with Gasteiger partial charge in [0, 0.05) is 17.7 Å². The van der Waals surface area contributed by atoms with E-state index in [4.69, 9.17) is 10.8 Å². The monoisotopic (exact) mass is 233 g/mol. The van der Waals surface area contributed by atoms with Crippen molar-refractivity contribution in [2.45, 2.75) is 6.42 Å². The minimum Gasteiger partial charge on any atom is -0.475 e. The molecule has 1 aromatic carbocycles. The van der Waals surface area contributed by atoms with Gasteiger partial charge in [0.05, 0.1) is 0 Å². The van der Waals surface area contributed by atoms with E-state index in [1.54, 1.807) is 24.3 Å². The molecular weight excluding hydrogens is 222 g/mol. The number of allylic oxidation sites excluding steroid dienone is 2. The molecule has 88 valence electrons. The number of hydrogen-bond donors (Lipinski definition) is 2. The maximum Gasteiger partial charge on any atom is 0.372 e. The number of carbonyl (C=O) groups is 3. The highest BCUT2D eigenvalue weighted by atomic mass is 16.4. The average Bonchev–Trinajstić information content (AvgIpc) is 2.29. The lowest BCUT2D eigenvalue weighted by molar-refractivity contribution is -0.148. The molecule has 0 saturated heterocycles. The van der Waals surface area contributed by atoms with Gasteiger partial charge in [0.1, 0.15) is 0 Å². The van der Waals surface area contributed by atoms with Gasteiger partial charge in [0.2, 0.25) is 5.78 Å². The molecule has 5 heteroatoms. The maximum absolute atomic E-state index is 11.6. The summed E-state index contributed by atoms with van der Waals surface area (Å²) in [5, 5.41) is 8.32. The van der Waals surface area contributed by atoms with Crippen molar-refractivity contribution in [3.8, 4) is 0 Å². The summed E-state index contributed by atoms with van der Waals surface area (Å²) in [6, 6.07) is 6.51. The van der Waals surface area contributed by atoms with E-state index in [-0.39, 0.29) is 12.2 Å². The molecule has 0 unspecified atom stereocenters. The first-order valence-electron chi connectivity index (χ1n) is 4.84. The van der Waals surface area contributed by atoms with E-state index in [0.29, 0.717) is 11.3 Å². The van der Waals surface area contributed by atoms with Crippen LogP contribution in [0.2, 0.25) is 0 Å². The number of carboxylic acid groups (broad SMARTS) is 1. The number of rotatable bonds is 5. The number of benzene rings is 1. The molecule has 0 fully saturated rings. The van der Waals surface area contributed by atoms with Crippen molar-refractivity contribution in [3.05, 3.63) is 42.0 Å². The molecule has 0 aliphatic rings. The molecule has 0 atom stereocenters. The first-order valence-corrected chi connectivity index (χ1v) is 4.84. The number of carbonyl (C=O) groups excluding carboxylic acids is 2. The fraction of sp³-hybridized carbons (Fsp3) is 0.0833. The Bertz CT molecular complexity index is 491. The zero-order valence-corrected chi connectivity index (χ0v) is 8.92. The SMILES string of the molecule is Nc1ccccc1C(=O)C=CCC(=O)C(=O)O. The molecule has 0 bridgehead atoms. The zero-order valence-electron chi connectivity index (χ0n) is 8.92. The maximum atomic E-state index is 11.6. The summed E-state index contributed by atoms with van der Waals surface area (Å²) < 4.78 is 0. The number of nitrogens with two attached hydrogens (primary N) is 1. The van der Waals surface area contributed by atoms with E-state index >= 15 is 0 Å². The molecule has 1 rings (SSSR count). The quantitative estimate of drug-likeness (QED) is 0.343. The molecule has 0 amide bonds. The van der Waals surface area contributed by atoms with Crippen LogP contribution in [0.5, 0.6) is 0 Å². The second kappa shape index (κ2) is 5.60. The van der Waals surface area contributed by atoms with E-state index < -0.39 is 11.8 Å². The van der Waals surface area contributed by atoms with E-state index in [1.807, 2.05) is 0 Å². The molecule has 17 heavy (non-hydrogen) atoms. The number of para-hydroxylation sites is 1. The lowest BCUT2D eigenvalue weighted by Crippen LogP contribution is -2.10. The normalized spacial score (nSPS) is 10.4. The minimum atomic E-state index is -1.51. The highest BCUT2D eigenvalue weighted by Crippen LogP contribution is 2.11. The molecule has 3 N–H and O–H groups in total. The summed E-state index contributed by atoms with van der Waals surface area (Å²) in [5.41, 5.74) is 6.25. The Morgan fingerprint density at radius 1 is 1.24 bits per heavy atom. The number of ketones is 2. The molecule has 1 aromatic rings. The highest BCUT2D eigenvalue weighted by Gasteiger charge is 2.09. The Hall–Kier alpha value is -2.43. The van der Waals surface area contributed by atoms with Crippen molar-refractivity contribution in [1.82, 2.24) is 0 Å². The van der Waals surface area contributed by atoms with Crippen molar-refractivity contribution < 1.29 is 19.5 Å². The number of hydrogen-bond acceptors (Lipinski definition) is 4. The van der Waals surface area contributed by atoms with Crippen LogP contribution in [0, 0.1) is 0 Å². The topological polar surface area (TPSA) is 97.5 Å². The van der Waals surface area contributed by atoms with Crippen LogP contribution < -0.4 is 5.73 Å². The highest BCUT2D eigenvalue weighted by molar-refractivity contribution is 6.33. The van der Waals surface area contributed by atoms with Gasteiger partial charge >= 0.3 is 5.97 Å². The fourth-order valence-electron chi connectivity index (χ4n) is 1.17.